The van der Waals surface area contributed by atoms with Crippen molar-refractivity contribution in [3.63, 3.8) is 0 Å². The van der Waals surface area contributed by atoms with Gasteiger partial charge >= 0.3 is 5.97 Å². The van der Waals surface area contributed by atoms with Gasteiger partial charge in [0.05, 0.1) is 25.3 Å². The highest BCUT2D eigenvalue weighted by Gasteiger charge is 2.27. The highest BCUT2D eigenvalue weighted by molar-refractivity contribution is 5.80. The van der Waals surface area contributed by atoms with Gasteiger partial charge in [-0.2, -0.15) is 0 Å². The van der Waals surface area contributed by atoms with Gasteiger partial charge < -0.3 is 19.8 Å². The number of furan rings is 1. The summed E-state index contributed by atoms with van der Waals surface area (Å²) in [5.41, 5.74) is 0. The average Bonchev–Trinajstić information content (AvgIpc) is 3.37. The van der Waals surface area contributed by atoms with E-state index in [1.807, 2.05) is 13.0 Å². The van der Waals surface area contributed by atoms with E-state index < -0.39 is 0 Å². The number of esters is 1. The first-order valence-corrected chi connectivity index (χ1v) is 9.28. The lowest BCUT2D eigenvalue weighted by Gasteiger charge is -2.28. The number of aromatic nitrogens is 3. The van der Waals surface area contributed by atoms with Crippen LogP contribution in [0.2, 0.25) is 0 Å². The zero-order valence-corrected chi connectivity index (χ0v) is 15.7. The first kappa shape index (κ1) is 18.9. The molecular weight excluding hydrogens is 348 g/mol. The number of ether oxygens (including phenoxy) is 1. The third-order valence-electron chi connectivity index (χ3n) is 4.61. The van der Waals surface area contributed by atoms with Gasteiger partial charge in [0.1, 0.15) is 5.82 Å². The lowest BCUT2D eigenvalue weighted by Crippen LogP contribution is -2.45. The van der Waals surface area contributed by atoms with Crippen LogP contribution in [0.1, 0.15) is 38.4 Å². The molecular formula is C18H26N6O3. The largest absolute Gasteiger partial charge is 0.466 e. The predicted molar refractivity (Wildman–Crippen MR) is 99.8 cm³/mol. The molecule has 0 radical (unpaired) electrons. The zero-order valence-electron chi connectivity index (χ0n) is 15.7. The van der Waals surface area contributed by atoms with Crippen molar-refractivity contribution in [3.8, 4) is 11.6 Å². The number of nitrogens with one attached hydrogen (secondary N) is 3. The van der Waals surface area contributed by atoms with Crippen molar-refractivity contribution in [2.45, 2.75) is 45.2 Å². The molecule has 0 bridgehead atoms. The van der Waals surface area contributed by atoms with Crippen LogP contribution < -0.4 is 10.6 Å². The second-order valence-corrected chi connectivity index (χ2v) is 6.45. The molecule has 2 aromatic heterocycles. The maximum atomic E-state index is 11.8. The standard InChI is InChI=1S/C18H26N6O3/c1-3-26-17(25)12-6-8-13(9-7-12)21-18(19-2)20-11-15-22-16(24-23-15)14-5-4-10-27-14/h4-5,10,12-13H,3,6-9,11H2,1-2H3,(H2,19,20,21)(H,22,23,24). The van der Waals surface area contributed by atoms with Gasteiger partial charge in [0.2, 0.25) is 5.82 Å². The Labute approximate surface area is 158 Å². The first-order valence-electron chi connectivity index (χ1n) is 9.28. The lowest BCUT2D eigenvalue weighted by molar-refractivity contribution is -0.149. The van der Waals surface area contributed by atoms with Crippen LogP contribution in [0.25, 0.3) is 11.6 Å². The molecule has 0 aliphatic heterocycles. The van der Waals surface area contributed by atoms with Gasteiger partial charge in [0.15, 0.2) is 11.7 Å². The molecule has 9 heteroatoms. The fourth-order valence-electron chi connectivity index (χ4n) is 3.18. The molecule has 0 atom stereocenters. The quantitative estimate of drug-likeness (QED) is 0.401. The molecule has 1 saturated carbocycles. The Balaban J connectivity index is 1.44. The van der Waals surface area contributed by atoms with Crippen molar-refractivity contribution in [1.29, 1.82) is 0 Å². The molecule has 2 aromatic rings. The van der Waals surface area contributed by atoms with E-state index in [0.29, 0.717) is 36.5 Å². The Morgan fingerprint density at radius 3 is 2.89 bits per heavy atom. The van der Waals surface area contributed by atoms with Crippen LogP contribution in [0.3, 0.4) is 0 Å². The summed E-state index contributed by atoms with van der Waals surface area (Å²) in [6, 6.07) is 3.90. The molecule has 0 amide bonds. The van der Waals surface area contributed by atoms with Crippen molar-refractivity contribution in [1.82, 2.24) is 25.8 Å². The van der Waals surface area contributed by atoms with Gasteiger partial charge in [-0.15, -0.1) is 5.10 Å². The van der Waals surface area contributed by atoms with Crippen molar-refractivity contribution < 1.29 is 13.9 Å². The van der Waals surface area contributed by atoms with Crippen LogP contribution in [0.4, 0.5) is 0 Å². The van der Waals surface area contributed by atoms with Gasteiger partial charge in [0.25, 0.3) is 0 Å². The number of aliphatic imine (C=N–C) groups is 1. The molecule has 27 heavy (non-hydrogen) atoms. The van der Waals surface area contributed by atoms with Crippen LogP contribution in [-0.2, 0) is 16.1 Å². The van der Waals surface area contributed by atoms with Gasteiger partial charge in [-0.1, -0.05) is 0 Å². The second-order valence-electron chi connectivity index (χ2n) is 6.45. The minimum absolute atomic E-state index is 0.0205. The summed E-state index contributed by atoms with van der Waals surface area (Å²) >= 11 is 0. The first-order chi connectivity index (χ1) is 13.2. The third kappa shape index (κ3) is 5.08. The minimum Gasteiger partial charge on any atom is -0.466 e. The van der Waals surface area contributed by atoms with Crippen molar-refractivity contribution in [3.05, 3.63) is 24.2 Å². The zero-order chi connectivity index (χ0) is 19.1. The topological polar surface area (TPSA) is 117 Å². The summed E-state index contributed by atoms with van der Waals surface area (Å²) in [6.45, 7) is 2.75. The predicted octanol–water partition coefficient (Wildman–Crippen LogP) is 1.85. The maximum absolute atomic E-state index is 11.8. The van der Waals surface area contributed by atoms with Crippen LogP contribution >= 0.6 is 0 Å². The van der Waals surface area contributed by atoms with E-state index in [9.17, 15) is 4.79 Å². The average molecular weight is 374 g/mol. The SMILES string of the molecule is CCOC(=O)C1CCC(NC(=NC)NCc2nc(-c3ccco3)n[nH]2)CC1. The van der Waals surface area contributed by atoms with Crippen molar-refractivity contribution in [2.75, 3.05) is 13.7 Å². The summed E-state index contributed by atoms with van der Waals surface area (Å²) < 4.78 is 10.4. The van der Waals surface area contributed by atoms with E-state index in [4.69, 9.17) is 9.15 Å². The van der Waals surface area contributed by atoms with E-state index in [0.717, 1.165) is 25.7 Å². The van der Waals surface area contributed by atoms with E-state index in [2.05, 4.69) is 30.8 Å². The van der Waals surface area contributed by atoms with Crippen LogP contribution in [0.15, 0.2) is 27.8 Å². The lowest BCUT2D eigenvalue weighted by atomic mass is 9.86. The highest BCUT2D eigenvalue weighted by atomic mass is 16.5. The van der Waals surface area contributed by atoms with E-state index in [-0.39, 0.29) is 17.9 Å². The van der Waals surface area contributed by atoms with Gasteiger partial charge in [-0.3, -0.25) is 14.9 Å². The van der Waals surface area contributed by atoms with Crippen LogP contribution in [0, 0.1) is 5.92 Å². The Morgan fingerprint density at radius 1 is 1.41 bits per heavy atom. The molecule has 1 fully saturated rings. The number of hydrogen-bond acceptors (Lipinski definition) is 6. The Kier molecular flexibility index (Phi) is 6.45. The molecule has 1 aliphatic carbocycles. The summed E-state index contributed by atoms with van der Waals surface area (Å²) in [6.07, 6.45) is 5.08. The summed E-state index contributed by atoms with van der Waals surface area (Å²) in [7, 11) is 1.73. The van der Waals surface area contributed by atoms with E-state index in [1.54, 1.807) is 19.4 Å². The van der Waals surface area contributed by atoms with Gasteiger partial charge in [0, 0.05) is 13.1 Å². The summed E-state index contributed by atoms with van der Waals surface area (Å²) in [5, 5.41) is 13.7. The number of aromatic amines is 1. The van der Waals surface area contributed by atoms with E-state index in [1.165, 1.54) is 0 Å². The van der Waals surface area contributed by atoms with Gasteiger partial charge in [-0.25, -0.2) is 4.98 Å². The number of hydrogen-bond donors (Lipinski definition) is 3. The number of rotatable bonds is 6. The molecule has 146 valence electrons. The number of nitrogens with zero attached hydrogens (tertiary/aromatic N) is 3. The number of H-pyrrole nitrogens is 1. The molecule has 0 spiro atoms. The highest BCUT2D eigenvalue weighted by Crippen LogP contribution is 2.25. The second kappa shape index (κ2) is 9.20. The molecule has 0 aromatic carbocycles. The molecule has 0 unspecified atom stereocenters. The molecule has 0 saturated heterocycles. The monoisotopic (exact) mass is 374 g/mol. The summed E-state index contributed by atoms with van der Waals surface area (Å²) in [5.74, 6) is 2.49. The number of guanidine groups is 1. The summed E-state index contributed by atoms with van der Waals surface area (Å²) in [4.78, 5) is 20.5. The number of carbonyl (C=O) groups excluding carboxylic acids is 1. The normalized spacial score (nSPS) is 20.3. The molecule has 3 N–H and O–H groups in total. The van der Waals surface area contributed by atoms with Crippen molar-refractivity contribution >= 4 is 11.9 Å². The minimum atomic E-state index is -0.0730. The fraction of sp³-hybridized carbons (Fsp3) is 0.556. The maximum Gasteiger partial charge on any atom is 0.308 e. The third-order valence-corrected chi connectivity index (χ3v) is 4.61. The Morgan fingerprint density at radius 2 is 2.22 bits per heavy atom. The molecule has 9 nitrogen and oxygen atoms in total. The number of carbonyl (C=O) groups is 1. The van der Waals surface area contributed by atoms with Crippen LogP contribution in [-0.4, -0.2) is 46.8 Å². The van der Waals surface area contributed by atoms with Crippen LogP contribution in [0.5, 0.6) is 0 Å². The molecule has 2 heterocycles. The molecule has 3 rings (SSSR count). The fourth-order valence-corrected chi connectivity index (χ4v) is 3.18. The van der Waals surface area contributed by atoms with Crippen molar-refractivity contribution in [2.24, 2.45) is 10.9 Å². The van der Waals surface area contributed by atoms with E-state index >= 15 is 0 Å². The smallest absolute Gasteiger partial charge is 0.308 e. The Bertz CT molecular complexity index is 747. The molecule has 1 aliphatic rings. The van der Waals surface area contributed by atoms with Gasteiger partial charge in [-0.05, 0) is 44.7 Å². The Hall–Kier alpha value is -2.84.